The molecule has 106 valence electrons. The Balaban J connectivity index is 1.81. The molecule has 1 heterocycles. The van der Waals surface area contributed by atoms with Crippen LogP contribution in [0.4, 0.5) is 0 Å². The summed E-state index contributed by atoms with van der Waals surface area (Å²) in [5.41, 5.74) is 6.85. The van der Waals surface area contributed by atoms with Crippen molar-refractivity contribution in [3.05, 3.63) is 29.8 Å². The molecule has 1 unspecified atom stereocenters. The Morgan fingerprint density at radius 2 is 2.16 bits per heavy atom. The zero-order valence-corrected chi connectivity index (χ0v) is 12.0. The molecule has 3 heteroatoms. The summed E-state index contributed by atoms with van der Waals surface area (Å²) in [5.74, 6) is 0.998. The third kappa shape index (κ3) is 4.22. The van der Waals surface area contributed by atoms with Crippen molar-refractivity contribution in [1.29, 1.82) is 0 Å². The summed E-state index contributed by atoms with van der Waals surface area (Å²) in [5, 5.41) is 0. The smallest absolute Gasteiger partial charge is 0.122 e. The summed E-state index contributed by atoms with van der Waals surface area (Å²) in [4.78, 5) is 2.54. The van der Waals surface area contributed by atoms with Crippen molar-refractivity contribution in [3.8, 4) is 5.75 Å². The van der Waals surface area contributed by atoms with Gasteiger partial charge in [-0.15, -0.1) is 0 Å². The summed E-state index contributed by atoms with van der Waals surface area (Å²) >= 11 is 0. The molecular formula is C16H26N2O. The molecule has 1 aromatic carbocycles. The van der Waals surface area contributed by atoms with Gasteiger partial charge in [0, 0.05) is 12.6 Å². The van der Waals surface area contributed by atoms with Crippen LogP contribution >= 0.6 is 0 Å². The Labute approximate surface area is 116 Å². The molecule has 19 heavy (non-hydrogen) atoms. The van der Waals surface area contributed by atoms with Gasteiger partial charge in [-0.25, -0.2) is 0 Å². The lowest BCUT2D eigenvalue weighted by Gasteiger charge is -2.33. The summed E-state index contributed by atoms with van der Waals surface area (Å²) in [7, 11) is 0. The van der Waals surface area contributed by atoms with Gasteiger partial charge in [-0.2, -0.15) is 0 Å². The van der Waals surface area contributed by atoms with Gasteiger partial charge in [-0.1, -0.05) is 24.6 Å². The summed E-state index contributed by atoms with van der Waals surface area (Å²) < 4.78 is 5.94. The molecule has 0 spiro atoms. The number of benzene rings is 1. The van der Waals surface area contributed by atoms with Crippen LogP contribution in [0.5, 0.6) is 5.75 Å². The quantitative estimate of drug-likeness (QED) is 0.856. The first-order chi connectivity index (χ1) is 9.31. The lowest BCUT2D eigenvalue weighted by molar-refractivity contribution is 0.133. The van der Waals surface area contributed by atoms with Crippen molar-refractivity contribution >= 4 is 0 Å². The standard InChI is InChI=1S/C16H26N2O/c1-14-6-4-5-11-18(14)12-13-19-16-8-3-2-7-15(16)9-10-17/h2-3,7-8,14H,4-6,9-13,17H2,1H3. The maximum Gasteiger partial charge on any atom is 0.122 e. The maximum absolute atomic E-state index is 5.94. The Morgan fingerprint density at radius 1 is 1.32 bits per heavy atom. The minimum atomic E-state index is 0.670. The van der Waals surface area contributed by atoms with E-state index >= 15 is 0 Å². The molecule has 1 saturated heterocycles. The van der Waals surface area contributed by atoms with Crippen LogP contribution < -0.4 is 10.5 Å². The van der Waals surface area contributed by atoms with Crippen LogP contribution in [0, 0.1) is 0 Å². The number of hydrogen-bond acceptors (Lipinski definition) is 3. The highest BCUT2D eigenvalue weighted by atomic mass is 16.5. The molecule has 0 aromatic heterocycles. The largest absolute Gasteiger partial charge is 0.492 e. The van der Waals surface area contributed by atoms with Gasteiger partial charge in [-0.05, 0) is 50.9 Å². The SMILES string of the molecule is CC1CCCCN1CCOc1ccccc1CCN. The maximum atomic E-state index is 5.94. The number of ether oxygens (including phenoxy) is 1. The summed E-state index contributed by atoms with van der Waals surface area (Å²) in [6.45, 7) is 6.00. The van der Waals surface area contributed by atoms with Crippen LogP contribution in [0.3, 0.4) is 0 Å². The van der Waals surface area contributed by atoms with E-state index in [1.165, 1.54) is 31.4 Å². The zero-order valence-electron chi connectivity index (χ0n) is 12.0. The fourth-order valence-corrected chi connectivity index (χ4v) is 2.77. The summed E-state index contributed by atoms with van der Waals surface area (Å²) in [6.07, 6.45) is 4.91. The molecule has 0 radical (unpaired) electrons. The third-order valence-electron chi connectivity index (χ3n) is 3.96. The average molecular weight is 262 g/mol. The van der Waals surface area contributed by atoms with Crippen LogP contribution in [-0.4, -0.2) is 37.2 Å². The second-order valence-electron chi connectivity index (χ2n) is 5.38. The molecule has 2 N–H and O–H groups in total. The predicted octanol–water partition coefficient (Wildman–Crippen LogP) is 2.44. The number of nitrogens with zero attached hydrogens (tertiary/aromatic N) is 1. The van der Waals surface area contributed by atoms with Crippen LogP contribution in [0.2, 0.25) is 0 Å². The topological polar surface area (TPSA) is 38.5 Å². The molecule has 1 fully saturated rings. The molecule has 1 atom stereocenters. The van der Waals surface area contributed by atoms with Crippen molar-refractivity contribution in [2.24, 2.45) is 5.73 Å². The Morgan fingerprint density at radius 3 is 2.95 bits per heavy atom. The number of likely N-dealkylation sites (tertiary alicyclic amines) is 1. The number of hydrogen-bond donors (Lipinski definition) is 1. The molecular weight excluding hydrogens is 236 g/mol. The minimum Gasteiger partial charge on any atom is -0.492 e. The van der Waals surface area contributed by atoms with E-state index in [0.717, 1.165) is 25.3 Å². The van der Waals surface area contributed by atoms with Crippen molar-refractivity contribution < 1.29 is 4.74 Å². The fraction of sp³-hybridized carbons (Fsp3) is 0.625. The van der Waals surface area contributed by atoms with Crippen LogP contribution in [-0.2, 0) is 6.42 Å². The molecule has 1 aromatic rings. The first kappa shape index (κ1) is 14.4. The van der Waals surface area contributed by atoms with Gasteiger partial charge in [0.05, 0.1) is 0 Å². The molecule has 0 saturated carbocycles. The normalized spacial score (nSPS) is 20.4. The molecule has 3 nitrogen and oxygen atoms in total. The lowest BCUT2D eigenvalue weighted by Crippen LogP contribution is -2.39. The summed E-state index contributed by atoms with van der Waals surface area (Å²) in [6, 6.07) is 8.93. The van der Waals surface area contributed by atoms with E-state index in [2.05, 4.69) is 17.9 Å². The van der Waals surface area contributed by atoms with Crippen LogP contribution in [0.1, 0.15) is 31.7 Å². The average Bonchev–Trinajstić information content (AvgIpc) is 2.43. The van der Waals surface area contributed by atoms with E-state index in [4.69, 9.17) is 10.5 Å². The number of rotatable bonds is 6. The van der Waals surface area contributed by atoms with Gasteiger partial charge in [-0.3, -0.25) is 4.90 Å². The van der Waals surface area contributed by atoms with Gasteiger partial charge in [0.1, 0.15) is 12.4 Å². The second kappa shape index (κ2) is 7.51. The number of piperidine rings is 1. The highest BCUT2D eigenvalue weighted by Crippen LogP contribution is 2.19. The van der Waals surface area contributed by atoms with E-state index in [-0.39, 0.29) is 0 Å². The number of nitrogens with two attached hydrogens (primary N) is 1. The highest BCUT2D eigenvalue weighted by Gasteiger charge is 2.17. The monoisotopic (exact) mass is 262 g/mol. The second-order valence-corrected chi connectivity index (χ2v) is 5.38. The van der Waals surface area contributed by atoms with Crippen molar-refractivity contribution in [2.75, 3.05) is 26.2 Å². The fourth-order valence-electron chi connectivity index (χ4n) is 2.77. The highest BCUT2D eigenvalue weighted by molar-refractivity contribution is 5.33. The zero-order chi connectivity index (χ0) is 13.5. The first-order valence-electron chi connectivity index (χ1n) is 7.46. The Kier molecular flexibility index (Phi) is 5.67. The van der Waals surface area contributed by atoms with Crippen LogP contribution in [0.15, 0.2) is 24.3 Å². The van der Waals surface area contributed by atoms with Gasteiger partial charge >= 0.3 is 0 Å². The Hall–Kier alpha value is -1.06. The van der Waals surface area contributed by atoms with Crippen molar-refractivity contribution in [1.82, 2.24) is 4.90 Å². The van der Waals surface area contributed by atoms with E-state index in [1.807, 2.05) is 18.2 Å². The molecule has 1 aliphatic rings. The van der Waals surface area contributed by atoms with E-state index in [9.17, 15) is 0 Å². The van der Waals surface area contributed by atoms with E-state index < -0.39 is 0 Å². The van der Waals surface area contributed by atoms with Gasteiger partial charge in [0.2, 0.25) is 0 Å². The molecule has 0 aliphatic carbocycles. The molecule has 2 rings (SSSR count). The third-order valence-corrected chi connectivity index (χ3v) is 3.96. The number of para-hydroxylation sites is 1. The van der Waals surface area contributed by atoms with Gasteiger partial charge in [0.15, 0.2) is 0 Å². The predicted molar refractivity (Wildman–Crippen MR) is 79.6 cm³/mol. The molecule has 0 amide bonds. The molecule has 0 bridgehead atoms. The van der Waals surface area contributed by atoms with Crippen molar-refractivity contribution in [3.63, 3.8) is 0 Å². The minimum absolute atomic E-state index is 0.670. The van der Waals surface area contributed by atoms with E-state index in [1.54, 1.807) is 0 Å². The first-order valence-corrected chi connectivity index (χ1v) is 7.46. The van der Waals surface area contributed by atoms with Crippen molar-refractivity contribution in [2.45, 2.75) is 38.6 Å². The van der Waals surface area contributed by atoms with E-state index in [0.29, 0.717) is 12.6 Å². The van der Waals surface area contributed by atoms with Gasteiger partial charge in [0.25, 0.3) is 0 Å². The molecule has 1 aliphatic heterocycles. The van der Waals surface area contributed by atoms with Crippen LogP contribution in [0.25, 0.3) is 0 Å². The van der Waals surface area contributed by atoms with Gasteiger partial charge < -0.3 is 10.5 Å². The Bertz CT molecular complexity index is 381. The lowest BCUT2D eigenvalue weighted by atomic mass is 10.0.